The fraction of sp³-hybridized carbons (Fsp3) is 0. The molecule has 1 heterocycles. The number of anilines is 3. The van der Waals surface area contributed by atoms with E-state index in [2.05, 4.69) is 26.6 Å². The second kappa shape index (κ2) is 3.89. The summed E-state index contributed by atoms with van der Waals surface area (Å²) >= 11 is 3.39. The molecule has 0 aromatic heterocycles. The lowest BCUT2D eigenvalue weighted by Crippen LogP contribution is -2.10. The number of nitrogens with one attached hydrogen (secondary N) is 2. The first-order valence-electron chi connectivity index (χ1n) is 5.21. The van der Waals surface area contributed by atoms with E-state index in [-0.39, 0.29) is 5.91 Å². The minimum atomic E-state index is -0.0926. The van der Waals surface area contributed by atoms with Gasteiger partial charge in [0.05, 0.1) is 22.6 Å². The van der Waals surface area contributed by atoms with E-state index in [1.54, 1.807) is 6.07 Å². The van der Waals surface area contributed by atoms with Crippen molar-refractivity contribution < 1.29 is 4.79 Å². The second-order valence-corrected chi connectivity index (χ2v) is 4.73. The number of halogens is 1. The molecule has 1 amide bonds. The third-order valence-corrected chi connectivity index (χ3v) is 3.16. The van der Waals surface area contributed by atoms with Gasteiger partial charge in [0, 0.05) is 4.47 Å². The van der Waals surface area contributed by atoms with Gasteiger partial charge in [-0.1, -0.05) is 28.1 Å². The lowest BCUT2D eigenvalue weighted by molar-refractivity contribution is 0.102. The zero-order chi connectivity index (χ0) is 11.8. The van der Waals surface area contributed by atoms with Gasteiger partial charge >= 0.3 is 0 Å². The van der Waals surface area contributed by atoms with Crippen LogP contribution < -0.4 is 10.6 Å². The summed E-state index contributed by atoms with van der Waals surface area (Å²) < 4.78 is 0.935. The van der Waals surface area contributed by atoms with Crippen molar-refractivity contribution in [1.82, 2.24) is 0 Å². The van der Waals surface area contributed by atoms with E-state index < -0.39 is 0 Å². The van der Waals surface area contributed by atoms with Crippen LogP contribution in [0.1, 0.15) is 10.4 Å². The molecule has 1 aliphatic rings. The number of hydrogen-bond acceptors (Lipinski definition) is 2. The molecule has 1 aliphatic heterocycles. The van der Waals surface area contributed by atoms with Crippen molar-refractivity contribution in [1.29, 1.82) is 0 Å². The molecule has 17 heavy (non-hydrogen) atoms. The van der Waals surface area contributed by atoms with Gasteiger partial charge in [0.25, 0.3) is 5.91 Å². The zero-order valence-corrected chi connectivity index (χ0v) is 10.4. The number of carbonyl (C=O) groups is 1. The maximum atomic E-state index is 12.0. The summed E-state index contributed by atoms with van der Waals surface area (Å²) in [5.74, 6) is -0.0926. The molecule has 0 spiro atoms. The molecule has 4 heteroatoms. The van der Waals surface area contributed by atoms with Crippen molar-refractivity contribution in [3.05, 3.63) is 52.5 Å². The number of hydrogen-bond donors (Lipinski definition) is 2. The molecule has 3 rings (SSSR count). The number of carbonyl (C=O) groups excluding carboxylic acids is 1. The van der Waals surface area contributed by atoms with Crippen LogP contribution in [0, 0.1) is 0 Å². The van der Waals surface area contributed by atoms with E-state index in [1.807, 2.05) is 36.4 Å². The first-order valence-corrected chi connectivity index (χ1v) is 6.00. The van der Waals surface area contributed by atoms with Crippen molar-refractivity contribution in [3.63, 3.8) is 0 Å². The topological polar surface area (TPSA) is 41.1 Å². The number of rotatable bonds is 0. The highest BCUT2D eigenvalue weighted by Gasteiger charge is 2.17. The Hall–Kier alpha value is -1.81. The number of fused-ring (bicyclic) bond motifs is 2. The van der Waals surface area contributed by atoms with E-state index in [0.717, 1.165) is 21.5 Å². The molecule has 0 unspecified atom stereocenters. The summed E-state index contributed by atoms with van der Waals surface area (Å²) in [6, 6.07) is 13.2. The summed E-state index contributed by atoms with van der Waals surface area (Å²) in [6.45, 7) is 0. The van der Waals surface area contributed by atoms with Gasteiger partial charge in [-0.25, -0.2) is 0 Å². The molecule has 0 atom stereocenters. The maximum absolute atomic E-state index is 12.0. The summed E-state index contributed by atoms with van der Waals surface area (Å²) in [5.41, 5.74) is 3.15. The molecule has 2 aromatic carbocycles. The average molecular weight is 289 g/mol. The van der Waals surface area contributed by atoms with E-state index in [9.17, 15) is 4.79 Å². The van der Waals surface area contributed by atoms with Crippen LogP contribution in [0.25, 0.3) is 0 Å². The molecular weight excluding hydrogens is 280 g/mol. The summed E-state index contributed by atoms with van der Waals surface area (Å²) in [5, 5.41) is 6.14. The SMILES string of the molecule is O=C1Nc2cc(Br)ccc2Nc2ccccc21. The first-order chi connectivity index (χ1) is 8.24. The third-order valence-electron chi connectivity index (χ3n) is 2.67. The Morgan fingerprint density at radius 1 is 0.882 bits per heavy atom. The van der Waals surface area contributed by atoms with Gasteiger partial charge in [0.15, 0.2) is 0 Å². The van der Waals surface area contributed by atoms with Crippen LogP contribution in [-0.4, -0.2) is 5.91 Å². The van der Waals surface area contributed by atoms with Crippen molar-refractivity contribution in [3.8, 4) is 0 Å². The minimum Gasteiger partial charge on any atom is -0.353 e. The highest BCUT2D eigenvalue weighted by molar-refractivity contribution is 9.10. The fourth-order valence-corrected chi connectivity index (χ4v) is 2.21. The molecule has 0 aliphatic carbocycles. The van der Waals surface area contributed by atoms with Crippen LogP contribution in [0.4, 0.5) is 17.1 Å². The number of benzene rings is 2. The Morgan fingerprint density at radius 2 is 1.71 bits per heavy atom. The van der Waals surface area contributed by atoms with E-state index in [0.29, 0.717) is 5.56 Å². The van der Waals surface area contributed by atoms with Crippen molar-refractivity contribution in [2.45, 2.75) is 0 Å². The first kappa shape index (κ1) is 10.4. The largest absolute Gasteiger partial charge is 0.353 e. The molecule has 0 bridgehead atoms. The van der Waals surface area contributed by atoms with Gasteiger partial charge in [-0.15, -0.1) is 0 Å². The highest BCUT2D eigenvalue weighted by Crippen LogP contribution is 2.33. The van der Waals surface area contributed by atoms with Crippen LogP contribution in [0.5, 0.6) is 0 Å². The summed E-state index contributed by atoms with van der Waals surface area (Å²) in [7, 11) is 0. The quantitative estimate of drug-likeness (QED) is 0.775. The lowest BCUT2D eigenvalue weighted by atomic mass is 10.1. The third kappa shape index (κ3) is 1.80. The van der Waals surface area contributed by atoms with E-state index in [4.69, 9.17) is 0 Å². The van der Waals surface area contributed by atoms with Crippen LogP contribution in [-0.2, 0) is 0 Å². The van der Waals surface area contributed by atoms with E-state index >= 15 is 0 Å². The molecule has 0 radical (unpaired) electrons. The molecule has 84 valence electrons. The van der Waals surface area contributed by atoms with Gasteiger partial charge in [-0.05, 0) is 30.3 Å². The highest BCUT2D eigenvalue weighted by atomic mass is 79.9. The van der Waals surface area contributed by atoms with Gasteiger partial charge in [-0.2, -0.15) is 0 Å². The Bertz CT molecular complexity index is 610. The van der Waals surface area contributed by atoms with Crippen LogP contribution in [0.3, 0.4) is 0 Å². The number of amides is 1. The van der Waals surface area contributed by atoms with Gasteiger partial charge in [0.2, 0.25) is 0 Å². The van der Waals surface area contributed by atoms with Crippen LogP contribution >= 0.6 is 15.9 Å². The molecule has 3 nitrogen and oxygen atoms in total. The Morgan fingerprint density at radius 3 is 2.59 bits per heavy atom. The van der Waals surface area contributed by atoms with Crippen LogP contribution in [0.15, 0.2) is 46.9 Å². The molecule has 2 N–H and O–H groups in total. The second-order valence-electron chi connectivity index (χ2n) is 3.81. The van der Waals surface area contributed by atoms with Crippen molar-refractivity contribution >= 4 is 38.9 Å². The minimum absolute atomic E-state index is 0.0926. The average Bonchev–Trinajstić information content (AvgIpc) is 2.46. The van der Waals surface area contributed by atoms with Crippen LogP contribution in [0.2, 0.25) is 0 Å². The lowest BCUT2D eigenvalue weighted by Gasteiger charge is -2.08. The number of para-hydroxylation sites is 1. The van der Waals surface area contributed by atoms with Crippen molar-refractivity contribution in [2.24, 2.45) is 0 Å². The zero-order valence-electron chi connectivity index (χ0n) is 8.83. The smallest absolute Gasteiger partial charge is 0.257 e. The normalized spacial score (nSPS) is 12.9. The summed E-state index contributed by atoms with van der Waals surface area (Å²) in [6.07, 6.45) is 0. The predicted molar refractivity (Wildman–Crippen MR) is 71.8 cm³/mol. The van der Waals surface area contributed by atoms with E-state index in [1.165, 1.54) is 0 Å². The maximum Gasteiger partial charge on any atom is 0.257 e. The molecule has 0 saturated carbocycles. The van der Waals surface area contributed by atoms with Crippen molar-refractivity contribution in [2.75, 3.05) is 10.6 Å². The molecular formula is C13H9BrN2O. The Kier molecular flexibility index (Phi) is 2.37. The Balaban J connectivity index is 2.17. The fourth-order valence-electron chi connectivity index (χ4n) is 1.85. The predicted octanol–water partition coefficient (Wildman–Crippen LogP) is 3.76. The standard InChI is InChI=1S/C13H9BrN2O/c14-8-5-6-11-12(7-8)16-13(17)9-3-1-2-4-10(9)15-11/h1-7,15H,(H,16,17). The molecule has 2 aromatic rings. The molecule has 0 saturated heterocycles. The molecule has 0 fully saturated rings. The van der Waals surface area contributed by atoms with Gasteiger partial charge < -0.3 is 10.6 Å². The van der Waals surface area contributed by atoms with Gasteiger partial charge in [-0.3, -0.25) is 4.79 Å². The van der Waals surface area contributed by atoms with Gasteiger partial charge in [0.1, 0.15) is 0 Å². The summed E-state index contributed by atoms with van der Waals surface area (Å²) in [4.78, 5) is 12.0. The Labute approximate surface area is 107 Å². The monoisotopic (exact) mass is 288 g/mol.